The van der Waals surface area contributed by atoms with Gasteiger partial charge in [-0.05, 0) is 41.3 Å². The van der Waals surface area contributed by atoms with Crippen LogP contribution in [0.25, 0.3) is 16.8 Å². The lowest BCUT2D eigenvalue weighted by Gasteiger charge is -2.09. The molecule has 150 valence electrons. The summed E-state index contributed by atoms with van der Waals surface area (Å²) in [5.41, 5.74) is 0.735. The summed E-state index contributed by atoms with van der Waals surface area (Å²) in [6.07, 6.45) is 2.63. The Morgan fingerprint density at radius 1 is 0.828 bits per heavy atom. The van der Waals surface area contributed by atoms with Gasteiger partial charge in [-0.15, -0.1) is 0 Å². The Bertz CT molecular complexity index is 1320. The van der Waals surface area contributed by atoms with Crippen LogP contribution in [0.1, 0.15) is 5.56 Å². The molecule has 0 heterocycles. The van der Waals surface area contributed by atoms with Gasteiger partial charge in [0.05, 0.1) is 9.79 Å². The second-order valence-electron chi connectivity index (χ2n) is 5.92. The Labute approximate surface area is 166 Å². The van der Waals surface area contributed by atoms with E-state index < -0.39 is 36.0 Å². The molecule has 0 saturated heterocycles. The molecular formula is C19H14O8S2. The molecule has 0 spiro atoms. The molecule has 0 aliphatic heterocycles. The number of hydrogen-bond donors (Lipinski definition) is 2. The fourth-order valence-corrected chi connectivity index (χ4v) is 3.60. The van der Waals surface area contributed by atoms with Gasteiger partial charge in [-0.25, -0.2) is 4.79 Å². The van der Waals surface area contributed by atoms with E-state index in [1.807, 2.05) is 6.07 Å². The molecule has 29 heavy (non-hydrogen) atoms. The highest BCUT2D eigenvalue weighted by Crippen LogP contribution is 2.31. The summed E-state index contributed by atoms with van der Waals surface area (Å²) in [4.78, 5) is 11.1. The van der Waals surface area contributed by atoms with Crippen molar-refractivity contribution in [3.8, 4) is 5.75 Å². The van der Waals surface area contributed by atoms with E-state index in [0.29, 0.717) is 0 Å². The maximum atomic E-state index is 12.2. The summed E-state index contributed by atoms with van der Waals surface area (Å²) in [7, 11) is -9.23. The first-order valence-electron chi connectivity index (χ1n) is 8.02. The predicted molar refractivity (Wildman–Crippen MR) is 105 cm³/mol. The Morgan fingerprint density at radius 2 is 1.45 bits per heavy atom. The topological polar surface area (TPSA) is 135 Å². The number of esters is 1. The Balaban J connectivity index is 2.05. The van der Waals surface area contributed by atoms with E-state index >= 15 is 0 Å². The van der Waals surface area contributed by atoms with Gasteiger partial charge in [0.1, 0.15) is 5.75 Å². The maximum absolute atomic E-state index is 12.2. The molecule has 0 atom stereocenters. The van der Waals surface area contributed by atoms with Crippen LogP contribution in [0, 0.1) is 0 Å². The van der Waals surface area contributed by atoms with E-state index in [4.69, 9.17) is 4.74 Å². The number of hydrogen-bond acceptors (Lipinski definition) is 6. The zero-order valence-corrected chi connectivity index (χ0v) is 16.2. The number of benzene rings is 3. The standard InChI is InChI=1S/C19H14O8S2/c20-19(9-6-13-4-2-1-3-5-13)27-18-12-16(29(24,25)26)11-14-10-15(28(21,22)23)7-8-17(14)18/h1-12H,(H,21,22,23)(H,24,25,26)/b9-6+. The van der Waals surface area contributed by atoms with E-state index in [9.17, 15) is 30.7 Å². The van der Waals surface area contributed by atoms with Crippen molar-refractivity contribution in [2.45, 2.75) is 9.79 Å². The molecule has 0 aliphatic carbocycles. The molecular weight excluding hydrogens is 420 g/mol. The minimum Gasteiger partial charge on any atom is -0.423 e. The van der Waals surface area contributed by atoms with E-state index in [1.165, 1.54) is 12.1 Å². The lowest BCUT2D eigenvalue weighted by atomic mass is 10.1. The molecule has 0 amide bonds. The van der Waals surface area contributed by atoms with Gasteiger partial charge in [-0.2, -0.15) is 16.8 Å². The van der Waals surface area contributed by atoms with Crippen molar-refractivity contribution in [1.82, 2.24) is 0 Å². The summed E-state index contributed by atoms with van der Waals surface area (Å²) < 4.78 is 69.5. The Hall–Kier alpha value is -3.05. The highest BCUT2D eigenvalue weighted by Gasteiger charge is 2.18. The maximum Gasteiger partial charge on any atom is 0.336 e. The molecule has 8 nitrogen and oxygen atoms in total. The summed E-state index contributed by atoms with van der Waals surface area (Å²) in [6.45, 7) is 0. The van der Waals surface area contributed by atoms with Gasteiger partial charge < -0.3 is 4.74 Å². The minimum absolute atomic E-state index is 0.0186. The molecule has 0 radical (unpaired) electrons. The van der Waals surface area contributed by atoms with Crippen molar-refractivity contribution < 1.29 is 35.5 Å². The van der Waals surface area contributed by atoms with Crippen LogP contribution in [0.2, 0.25) is 0 Å². The lowest BCUT2D eigenvalue weighted by Crippen LogP contribution is -2.06. The minimum atomic E-state index is -4.68. The molecule has 3 aromatic rings. The van der Waals surface area contributed by atoms with E-state index in [-0.39, 0.29) is 16.5 Å². The van der Waals surface area contributed by atoms with Gasteiger partial charge in [0, 0.05) is 17.5 Å². The van der Waals surface area contributed by atoms with Crippen LogP contribution in [0.5, 0.6) is 5.75 Å². The van der Waals surface area contributed by atoms with Gasteiger partial charge in [0.2, 0.25) is 0 Å². The van der Waals surface area contributed by atoms with Gasteiger partial charge in [-0.1, -0.05) is 30.3 Å². The van der Waals surface area contributed by atoms with Crippen LogP contribution in [-0.2, 0) is 25.0 Å². The summed E-state index contributed by atoms with van der Waals surface area (Å²) >= 11 is 0. The van der Waals surface area contributed by atoms with Crippen LogP contribution in [-0.4, -0.2) is 31.9 Å². The number of carbonyl (C=O) groups is 1. The summed E-state index contributed by atoms with van der Waals surface area (Å²) in [5, 5.41) is 0.219. The average Bonchev–Trinajstić information content (AvgIpc) is 2.65. The van der Waals surface area contributed by atoms with E-state index in [1.54, 1.807) is 24.3 Å². The summed E-state index contributed by atoms with van der Waals surface area (Å²) in [6, 6.07) is 14.1. The second kappa shape index (κ2) is 7.76. The molecule has 0 aromatic heterocycles. The zero-order chi connectivity index (χ0) is 21.2. The van der Waals surface area contributed by atoms with Gasteiger partial charge in [-0.3, -0.25) is 9.11 Å². The molecule has 3 aromatic carbocycles. The summed E-state index contributed by atoms with van der Waals surface area (Å²) in [5.74, 6) is -1.03. The van der Waals surface area contributed by atoms with Crippen LogP contribution in [0.4, 0.5) is 0 Å². The predicted octanol–water partition coefficient (Wildman–Crippen LogP) is 2.95. The largest absolute Gasteiger partial charge is 0.423 e. The second-order valence-corrected chi connectivity index (χ2v) is 8.76. The highest BCUT2D eigenvalue weighted by atomic mass is 32.2. The highest BCUT2D eigenvalue weighted by molar-refractivity contribution is 7.86. The first-order valence-corrected chi connectivity index (χ1v) is 10.9. The van der Waals surface area contributed by atoms with Crippen LogP contribution in [0.15, 0.2) is 76.5 Å². The number of carbonyl (C=O) groups excluding carboxylic acids is 1. The van der Waals surface area contributed by atoms with Gasteiger partial charge in [0.15, 0.2) is 0 Å². The average molecular weight is 434 g/mol. The van der Waals surface area contributed by atoms with Crippen molar-refractivity contribution >= 4 is 43.1 Å². The van der Waals surface area contributed by atoms with Crippen molar-refractivity contribution in [3.05, 3.63) is 72.3 Å². The molecule has 3 rings (SSSR count). The van der Waals surface area contributed by atoms with Gasteiger partial charge >= 0.3 is 5.97 Å². The first kappa shape index (κ1) is 20.7. The van der Waals surface area contributed by atoms with E-state index in [0.717, 1.165) is 35.9 Å². The molecule has 10 heteroatoms. The fraction of sp³-hybridized carbons (Fsp3) is 0. The number of rotatable bonds is 5. The molecule has 2 N–H and O–H groups in total. The van der Waals surface area contributed by atoms with Crippen LogP contribution < -0.4 is 4.74 Å². The third-order valence-electron chi connectivity index (χ3n) is 3.88. The quantitative estimate of drug-likeness (QED) is 0.271. The molecule has 0 bridgehead atoms. The smallest absolute Gasteiger partial charge is 0.336 e. The Kier molecular flexibility index (Phi) is 5.53. The normalized spacial score (nSPS) is 12.3. The van der Waals surface area contributed by atoms with Crippen LogP contribution >= 0.6 is 0 Å². The number of ether oxygens (including phenoxy) is 1. The zero-order valence-electron chi connectivity index (χ0n) is 14.6. The Morgan fingerprint density at radius 3 is 2.07 bits per heavy atom. The SMILES string of the molecule is O=C(/C=C/c1ccccc1)Oc1cc(S(=O)(=O)O)cc2cc(S(=O)(=O)O)ccc12. The molecule has 0 fully saturated rings. The van der Waals surface area contributed by atoms with E-state index in [2.05, 4.69) is 0 Å². The third-order valence-corrected chi connectivity index (χ3v) is 5.56. The van der Waals surface area contributed by atoms with Crippen molar-refractivity contribution in [2.24, 2.45) is 0 Å². The van der Waals surface area contributed by atoms with Crippen LogP contribution in [0.3, 0.4) is 0 Å². The lowest BCUT2D eigenvalue weighted by molar-refractivity contribution is -0.128. The third kappa shape index (κ3) is 5.06. The van der Waals surface area contributed by atoms with Crippen molar-refractivity contribution in [3.63, 3.8) is 0 Å². The van der Waals surface area contributed by atoms with Crippen molar-refractivity contribution in [2.75, 3.05) is 0 Å². The van der Waals surface area contributed by atoms with Gasteiger partial charge in [0.25, 0.3) is 20.2 Å². The molecule has 0 aliphatic rings. The fourth-order valence-electron chi connectivity index (χ4n) is 2.55. The molecule has 0 unspecified atom stereocenters. The number of fused-ring (bicyclic) bond motifs is 1. The monoisotopic (exact) mass is 434 g/mol. The van der Waals surface area contributed by atoms with Crippen molar-refractivity contribution in [1.29, 1.82) is 0 Å². The molecule has 0 saturated carbocycles. The first-order chi connectivity index (χ1) is 13.5.